The summed E-state index contributed by atoms with van der Waals surface area (Å²) in [6.07, 6.45) is 6.81. The number of Topliss-reactive ketones (excluding diaryl/α,β-unsaturated/α-hetero) is 1. The Balaban J connectivity index is 1.34. The van der Waals surface area contributed by atoms with Crippen molar-refractivity contribution in [2.24, 2.45) is 11.8 Å². The van der Waals surface area contributed by atoms with Crippen LogP contribution in [0, 0.1) is 11.8 Å². The number of piperidine rings is 1. The summed E-state index contributed by atoms with van der Waals surface area (Å²) in [4.78, 5) is 41.4. The lowest BCUT2D eigenvalue weighted by Crippen LogP contribution is -2.50. The minimum Gasteiger partial charge on any atom is -0.381 e. The lowest BCUT2D eigenvalue weighted by molar-refractivity contribution is -0.123. The Bertz CT molecular complexity index is 842. The van der Waals surface area contributed by atoms with E-state index in [0.29, 0.717) is 23.1 Å². The molecule has 1 aliphatic carbocycles. The summed E-state index contributed by atoms with van der Waals surface area (Å²) < 4.78 is 5.65. The van der Waals surface area contributed by atoms with Crippen molar-refractivity contribution < 1.29 is 19.1 Å². The van der Waals surface area contributed by atoms with Crippen LogP contribution in [0.2, 0.25) is 0 Å². The largest absolute Gasteiger partial charge is 0.381 e. The molecular weight excluding hydrogens is 406 g/mol. The number of likely N-dealkylation sites (tertiary alicyclic amines) is 1. The van der Waals surface area contributed by atoms with Crippen LogP contribution in [0.5, 0.6) is 0 Å². The average molecular weight is 442 g/mol. The number of hydrogen-bond acceptors (Lipinski definition) is 5. The minimum absolute atomic E-state index is 0.106. The topological polar surface area (TPSA) is 79.0 Å². The van der Waals surface area contributed by atoms with Gasteiger partial charge >= 0.3 is 0 Å². The van der Waals surface area contributed by atoms with Crippen molar-refractivity contribution in [2.75, 3.05) is 44.3 Å². The van der Waals surface area contributed by atoms with Crippen LogP contribution in [-0.2, 0) is 14.3 Å². The maximum atomic E-state index is 12.9. The second-order valence-electron chi connectivity index (χ2n) is 9.38. The zero-order chi connectivity index (χ0) is 22.5. The van der Waals surface area contributed by atoms with Gasteiger partial charge in [0.1, 0.15) is 6.54 Å². The number of carbonyl (C=O) groups is 3. The molecule has 7 heteroatoms. The molecule has 3 aliphatic rings. The SMILES string of the molecule is CCOCC1CCCN(C[C@H]2CCCC[C@@H]2NC(=O)CN2C(=O)C(=O)c3ccccc32)C1. The summed E-state index contributed by atoms with van der Waals surface area (Å²) in [7, 11) is 0. The molecule has 1 N–H and O–H groups in total. The van der Waals surface area contributed by atoms with E-state index in [1.54, 1.807) is 24.3 Å². The number of carbonyl (C=O) groups excluding carboxylic acids is 3. The average Bonchev–Trinajstić information content (AvgIpc) is 3.04. The first kappa shape index (κ1) is 22.9. The number of amides is 2. The van der Waals surface area contributed by atoms with Gasteiger partial charge in [0.05, 0.1) is 17.9 Å². The van der Waals surface area contributed by atoms with Crippen LogP contribution in [0.15, 0.2) is 24.3 Å². The van der Waals surface area contributed by atoms with E-state index in [9.17, 15) is 14.4 Å². The number of ketones is 1. The standard InChI is InChI=1S/C25H35N3O4/c1-2-32-17-18-8-7-13-27(14-18)15-19-9-3-5-11-21(19)26-23(29)16-28-22-12-6-4-10-20(22)24(30)25(28)31/h4,6,10,12,18-19,21H,2-3,5,7-9,11,13-17H2,1H3,(H,26,29)/t18?,19-,21+/m1/s1. The van der Waals surface area contributed by atoms with Crippen molar-refractivity contribution in [1.82, 2.24) is 10.2 Å². The predicted molar refractivity (Wildman–Crippen MR) is 123 cm³/mol. The maximum Gasteiger partial charge on any atom is 0.299 e. The van der Waals surface area contributed by atoms with E-state index in [1.165, 1.54) is 24.2 Å². The number of hydrogen-bond donors (Lipinski definition) is 1. The molecule has 1 saturated heterocycles. The monoisotopic (exact) mass is 441 g/mol. The van der Waals surface area contributed by atoms with E-state index in [2.05, 4.69) is 10.2 Å². The number of rotatable bonds is 8. The van der Waals surface area contributed by atoms with Gasteiger partial charge in [0.25, 0.3) is 11.7 Å². The predicted octanol–water partition coefficient (Wildman–Crippen LogP) is 2.64. The highest BCUT2D eigenvalue weighted by atomic mass is 16.5. The second-order valence-corrected chi connectivity index (χ2v) is 9.38. The van der Waals surface area contributed by atoms with Crippen molar-refractivity contribution in [3.63, 3.8) is 0 Å². The Hall–Kier alpha value is -2.25. The van der Waals surface area contributed by atoms with Gasteiger partial charge in [-0.25, -0.2) is 0 Å². The molecule has 1 aromatic carbocycles. The van der Waals surface area contributed by atoms with Gasteiger partial charge < -0.3 is 15.0 Å². The number of fused-ring (bicyclic) bond motifs is 1. The molecule has 32 heavy (non-hydrogen) atoms. The third kappa shape index (κ3) is 5.21. The van der Waals surface area contributed by atoms with Gasteiger partial charge in [0.2, 0.25) is 5.91 Å². The Morgan fingerprint density at radius 2 is 1.94 bits per heavy atom. The van der Waals surface area contributed by atoms with Gasteiger partial charge in [0.15, 0.2) is 0 Å². The third-order valence-corrected chi connectivity index (χ3v) is 7.09. The van der Waals surface area contributed by atoms with E-state index in [4.69, 9.17) is 4.74 Å². The fourth-order valence-corrected chi connectivity index (χ4v) is 5.49. The molecule has 1 unspecified atom stereocenters. The van der Waals surface area contributed by atoms with Gasteiger partial charge in [-0.15, -0.1) is 0 Å². The first-order chi connectivity index (χ1) is 15.6. The molecule has 2 heterocycles. The normalized spacial score (nSPS) is 26.3. The van der Waals surface area contributed by atoms with E-state index in [-0.39, 0.29) is 18.5 Å². The lowest BCUT2D eigenvalue weighted by Gasteiger charge is -2.39. The Labute approximate surface area is 190 Å². The van der Waals surface area contributed by atoms with Crippen LogP contribution in [0.1, 0.15) is 55.8 Å². The maximum absolute atomic E-state index is 12.9. The summed E-state index contributed by atoms with van der Waals surface area (Å²) in [5.74, 6) is -0.320. The highest BCUT2D eigenvalue weighted by Gasteiger charge is 2.37. The molecule has 174 valence electrons. The smallest absolute Gasteiger partial charge is 0.299 e. The molecule has 0 spiro atoms. The first-order valence-electron chi connectivity index (χ1n) is 12.1. The summed E-state index contributed by atoms with van der Waals surface area (Å²) in [6, 6.07) is 7.00. The molecule has 0 radical (unpaired) electrons. The molecule has 4 rings (SSSR count). The number of benzene rings is 1. The molecule has 1 saturated carbocycles. The number of anilines is 1. The van der Waals surface area contributed by atoms with E-state index in [0.717, 1.165) is 52.1 Å². The molecule has 3 atom stereocenters. The Morgan fingerprint density at radius 3 is 2.78 bits per heavy atom. The van der Waals surface area contributed by atoms with Gasteiger partial charge in [-0.2, -0.15) is 0 Å². The summed E-state index contributed by atoms with van der Waals surface area (Å²) in [5, 5.41) is 3.20. The zero-order valence-electron chi connectivity index (χ0n) is 19.1. The highest BCUT2D eigenvalue weighted by Crippen LogP contribution is 2.29. The molecule has 7 nitrogen and oxygen atoms in total. The Morgan fingerprint density at radius 1 is 1.12 bits per heavy atom. The van der Waals surface area contributed by atoms with E-state index in [1.807, 2.05) is 6.92 Å². The van der Waals surface area contributed by atoms with Crippen molar-refractivity contribution in [2.45, 2.75) is 51.5 Å². The number of nitrogens with zero attached hydrogens (tertiary/aromatic N) is 2. The van der Waals surface area contributed by atoms with Crippen molar-refractivity contribution in [1.29, 1.82) is 0 Å². The number of nitrogens with one attached hydrogen (secondary N) is 1. The summed E-state index contributed by atoms with van der Waals surface area (Å²) in [5.41, 5.74) is 0.916. The van der Waals surface area contributed by atoms with Crippen molar-refractivity contribution in [3.05, 3.63) is 29.8 Å². The summed E-state index contributed by atoms with van der Waals surface area (Å²) in [6.45, 7) is 6.71. The lowest BCUT2D eigenvalue weighted by atomic mass is 9.83. The van der Waals surface area contributed by atoms with Crippen LogP contribution in [0.4, 0.5) is 5.69 Å². The van der Waals surface area contributed by atoms with Crippen LogP contribution in [0.3, 0.4) is 0 Å². The third-order valence-electron chi connectivity index (χ3n) is 7.09. The fourth-order valence-electron chi connectivity index (χ4n) is 5.49. The summed E-state index contributed by atoms with van der Waals surface area (Å²) >= 11 is 0. The fraction of sp³-hybridized carbons (Fsp3) is 0.640. The number of ether oxygens (including phenoxy) is 1. The number of para-hydroxylation sites is 1. The molecule has 2 amide bonds. The molecule has 0 aromatic heterocycles. The van der Waals surface area contributed by atoms with E-state index < -0.39 is 11.7 Å². The van der Waals surface area contributed by atoms with Crippen molar-refractivity contribution in [3.8, 4) is 0 Å². The van der Waals surface area contributed by atoms with Crippen LogP contribution in [-0.4, -0.2) is 67.9 Å². The van der Waals surface area contributed by atoms with Crippen LogP contribution >= 0.6 is 0 Å². The van der Waals surface area contributed by atoms with Crippen molar-refractivity contribution >= 4 is 23.3 Å². The van der Waals surface area contributed by atoms with Crippen LogP contribution < -0.4 is 10.2 Å². The van der Waals surface area contributed by atoms with Crippen LogP contribution in [0.25, 0.3) is 0 Å². The first-order valence-corrected chi connectivity index (χ1v) is 12.1. The van der Waals surface area contributed by atoms with Gasteiger partial charge in [-0.1, -0.05) is 25.0 Å². The molecule has 1 aromatic rings. The molecule has 0 bridgehead atoms. The van der Waals surface area contributed by atoms with Gasteiger partial charge in [0, 0.05) is 25.7 Å². The molecule has 2 fully saturated rings. The zero-order valence-corrected chi connectivity index (χ0v) is 19.1. The minimum atomic E-state index is -0.616. The van der Waals surface area contributed by atoms with Gasteiger partial charge in [-0.05, 0) is 63.1 Å². The van der Waals surface area contributed by atoms with E-state index >= 15 is 0 Å². The van der Waals surface area contributed by atoms with Gasteiger partial charge in [-0.3, -0.25) is 19.3 Å². The molecular formula is C25H35N3O4. The highest BCUT2D eigenvalue weighted by molar-refractivity contribution is 6.52. The molecule has 2 aliphatic heterocycles. The quantitative estimate of drug-likeness (QED) is 0.628. The Kier molecular flexibility index (Phi) is 7.58. The second kappa shape index (κ2) is 10.6.